The Labute approximate surface area is 164 Å². The zero-order valence-electron chi connectivity index (χ0n) is 15.3. The van der Waals surface area contributed by atoms with Crippen molar-refractivity contribution in [3.8, 4) is 0 Å². The Morgan fingerprint density at radius 2 is 2.00 bits per heavy atom. The topological polar surface area (TPSA) is 48.5 Å². The summed E-state index contributed by atoms with van der Waals surface area (Å²) >= 11 is 8.00. The highest BCUT2D eigenvalue weighted by Crippen LogP contribution is 2.26. The molecule has 0 radical (unpaired) electrons. The monoisotopic (exact) mass is 392 g/mol. The third kappa shape index (κ3) is 4.48. The van der Waals surface area contributed by atoms with Gasteiger partial charge in [-0.05, 0) is 25.5 Å². The number of hydrogen-bond donors (Lipinski definition) is 1. The van der Waals surface area contributed by atoms with Crippen molar-refractivity contribution in [2.75, 3.05) is 37.6 Å². The number of benzene rings is 1. The first kappa shape index (κ1) is 19.0. The number of nitrogens with zero attached hydrogens (tertiary/aromatic N) is 3. The van der Waals surface area contributed by atoms with Crippen LogP contribution in [-0.2, 0) is 12.8 Å². The number of urea groups is 1. The van der Waals surface area contributed by atoms with E-state index in [4.69, 9.17) is 11.6 Å². The zero-order valence-corrected chi connectivity index (χ0v) is 16.9. The number of carbonyl (C=O) groups is 1. The molecule has 0 saturated carbocycles. The van der Waals surface area contributed by atoms with Crippen LogP contribution in [-0.4, -0.2) is 48.6 Å². The van der Waals surface area contributed by atoms with Gasteiger partial charge >= 0.3 is 6.03 Å². The van der Waals surface area contributed by atoms with Gasteiger partial charge in [-0.25, -0.2) is 9.78 Å². The summed E-state index contributed by atoms with van der Waals surface area (Å²) in [5, 5.41) is 4.88. The molecule has 1 fully saturated rings. The molecule has 1 aliphatic heterocycles. The molecule has 26 heavy (non-hydrogen) atoms. The highest BCUT2D eigenvalue weighted by molar-refractivity contribution is 7.11. The number of anilines is 1. The Bertz CT molecular complexity index is 756. The standard InChI is InChI=1S/C19H25ClN4OS/c1-3-16-14(2)26-18(22-16)8-9-21-19(25)24-12-10-23(11-13-24)17-7-5-4-6-15(17)20/h4-7H,3,8-13H2,1-2H3,(H,21,25). The van der Waals surface area contributed by atoms with Crippen molar-refractivity contribution in [3.05, 3.63) is 44.9 Å². The van der Waals surface area contributed by atoms with Crippen molar-refractivity contribution in [3.63, 3.8) is 0 Å². The van der Waals surface area contributed by atoms with Gasteiger partial charge in [0.05, 0.1) is 21.4 Å². The van der Waals surface area contributed by atoms with E-state index in [1.54, 1.807) is 11.3 Å². The minimum atomic E-state index is 0.00722. The Morgan fingerprint density at radius 1 is 1.27 bits per heavy atom. The second-order valence-electron chi connectivity index (χ2n) is 6.37. The van der Waals surface area contributed by atoms with Gasteiger partial charge in [0.25, 0.3) is 0 Å². The number of halogens is 1. The van der Waals surface area contributed by atoms with Crippen LogP contribution in [0.4, 0.5) is 10.5 Å². The molecular formula is C19H25ClN4OS. The normalized spacial score (nSPS) is 14.6. The zero-order chi connectivity index (χ0) is 18.5. The number of hydrogen-bond acceptors (Lipinski definition) is 4. The minimum Gasteiger partial charge on any atom is -0.367 e. The van der Waals surface area contributed by atoms with Gasteiger partial charge in [-0.1, -0.05) is 30.7 Å². The number of nitrogens with one attached hydrogen (secondary N) is 1. The Hall–Kier alpha value is -1.79. The molecule has 5 nitrogen and oxygen atoms in total. The Morgan fingerprint density at radius 3 is 2.65 bits per heavy atom. The van der Waals surface area contributed by atoms with E-state index in [-0.39, 0.29) is 6.03 Å². The summed E-state index contributed by atoms with van der Waals surface area (Å²) in [5.74, 6) is 0. The molecule has 2 amide bonds. The molecule has 0 unspecified atom stereocenters. The molecule has 2 aromatic rings. The summed E-state index contributed by atoms with van der Waals surface area (Å²) < 4.78 is 0. The molecule has 0 bridgehead atoms. The summed E-state index contributed by atoms with van der Waals surface area (Å²) in [4.78, 5) is 22.4. The summed E-state index contributed by atoms with van der Waals surface area (Å²) in [5.41, 5.74) is 2.21. The van der Waals surface area contributed by atoms with Crippen LogP contribution in [0.5, 0.6) is 0 Å². The summed E-state index contributed by atoms with van der Waals surface area (Å²) in [6.07, 6.45) is 1.75. The van der Waals surface area contributed by atoms with Crippen LogP contribution >= 0.6 is 22.9 Å². The first-order valence-electron chi connectivity index (χ1n) is 9.06. The number of aryl methyl sites for hydroxylation is 2. The molecule has 1 aromatic carbocycles. The molecule has 0 atom stereocenters. The molecule has 0 spiro atoms. The van der Waals surface area contributed by atoms with Crippen molar-refractivity contribution in [1.82, 2.24) is 15.2 Å². The van der Waals surface area contributed by atoms with Crippen LogP contribution in [0.25, 0.3) is 0 Å². The van der Waals surface area contributed by atoms with Crippen LogP contribution in [0.2, 0.25) is 5.02 Å². The molecule has 2 heterocycles. The third-order valence-corrected chi connectivity index (χ3v) is 6.04. The van der Waals surface area contributed by atoms with E-state index in [1.807, 2.05) is 29.2 Å². The van der Waals surface area contributed by atoms with Gasteiger partial charge in [0.1, 0.15) is 0 Å². The maximum Gasteiger partial charge on any atom is 0.317 e. The van der Waals surface area contributed by atoms with Crippen LogP contribution in [0.15, 0.2) is 24.3 Å². The second kappa shape index (κ2) is 8.73. The lowest BCUT2D eigenvalue weighted by Gasteiger charge is -2.36. The average molecular weight is 393 g/mol. The van der Waals surface area contributed by atoms with Crippen LogP contribution < -0.4 is 10.2 Å². The summed E-state index contributed by atoms with van der Waals surface area (Å²) in [7, 11) is 0. The number of amides is 2. The van der Waals surface area contributed by atoms with E-state index in [2.05, 4.69) is 29.0 Å². The van der Waals surface area contributed by atoms with E-state index < -0.39 is 0 Å². The van der Waals surface area contributed by atoms with E-state index in [9.17, 15) is 4.79 Å². The lowest BCUT2D eigenvalue weighted by molar-refractivity contribution is 0.194. The summed E-state index contributed by atoms with van der Waals surface area (Å²) in [6, 6.07) is 7.86. The van der Waals surface area contributed by atoms with Crippen molar-refractivity contribution < 1.29 is 4.79 Å². The number of para-hydroxylation sites is 1. The number of thiazole rings is 1. The molecule has 1 saturated heterocycles. The maximum absolute atomic E-state index is 12.4. The molecule has 140 valence electrons. The van der Waals surface area contributed by atoms with Gasteiger partial charge in [-0.15, -0.1) is 11.3 Å². The summed E-state index contributed by atoms with van der Waals surface area (Å²) in [6.45, 7) is 7.85. The van der Waals surface area contributed by atoms with E-state index in [1.165, 1.54) is 10.6 Å². The van der Waals surface area contributed by atoms with Crippen molar-refractivity contribution >= 4 is 34.7 Å². The van der Waals surface area contributed by atoms with Gasteiger partial charge in [0.2, 0.25) is 0 Å². The largest absolute Gasteiger partial charge is 0.367 e. The van der Waals surface area contributed by atoms with Crippen LogP contribution in [0.1, 0.15) is 22.5 Å². The molecule has 1 aromatic heterocycles. The predicted octanol–water partition coefficient (Wildman–Crippen LogP) is 3.74. The molecule has 1 aliphatic rings. The Kier molecular flexibility index (Phi) is 6.38. The van der Waals surface area contributed by atoms with Gasteiger partial charge < -0.3 is 15.1 Å². The molecule has 3 rings (SSSR count). The van der Waals surface area contributed by atoms with Gasteiger partial charge in [0, 0.05) is 44.0 Å². The highest BCUT2D eigenvalue weighted by Gasteiger charge is 2.22. The van der Waals surface area contributed by atoms with Crippen molar-refractivity contribution in [2.45, 2.75) is 26.7 Å². The SMILES string of the molecule is CCc1nc(CCNC(=O)N2CCN(c3ccccc3Cl)CC2)sc1C. The van der Waals surface area contributed by atoms with Crippen molar-refractivity contribution in [1.29, 1.82) is 0 Å². The molecular weight excluding hydrogens is 368 g/mol. The highest BCUT2D eigenvalue weighted by atomic mass is 35.5. The van der Waals surface area contributed by atoms with Crippen LogP contribution in [0.3, 0.4) is 0 Å². The van der Waals surface area contributed by atoms with E-state index >= 15 is 0 Å². The van der Waals surface area contributed by atoms with Gasteiger partial charge in [0.15, 0.2) is 0 Å². The number of aromatic nitrogens is 1. The number of rotatable bonds is 5. The fourth-order valence-electron chi connectivity index (χ4n) is 3.17. The van der Waals surface area contributed by atoms with Crippen LogP contribution in [0, 0.1) is 6.92 Å². The number of carbonyl (C=O) groups excluding carboxylic acids is 1. The van der Waals surface area contributed by atoms with Gasteiger partial charge in [-0.2, -0.15) is 0 Å². The quantitative estimate of drug-likeness (QED) is 0.843. The molecule has 0 aliphatic carbocycles. The maximum atomic E-state index is 12.4. The van der Waals surface area contributed by atoms with Gasteiger partial charge in [-0.3, -0.25) is 0 Å². The van der Waals surface area contributed by atoms with Crippen molar-refractivity contribution in [2.24, 2.45) is 0 Å². The Balaban J connectivity index is 1.44. The fourth-order valence-corrected chi connectivity index (χ4v) is 4.45. The number of piperazine rings is 1. The predicted molar refractivity (Wildman–Crippen MR) is 109 cm³/mol. The minimum absolute atomic E-state index is 0.00722. The average Bonchev–Trinajstić information content (AvgIpc) is 3.02. The lowest BCUT2D eigenvalue weighted by atomic mass is 10.2. The molecule has 1 N–H and O–H groups in total. The molecule has 7 heteroatoms. The van der Waals surface area contributed by atoms with E-state index in [0.29, 0.717) is 19.6 Å². The fraction of sp³-hybridized carbons (Fsp3) is 0.474. The first-order valence-corrected chi connectivity index (χ1v) is 10.3. The third-order valence-electron chi connectivity index (χ3n) is 4.65. The lowest BCUT2D eigenvalue weighted by Crippen LogP contribution is -2.52. The van der Waals surface area contributed by atoms with E-state index in [0.717, 1.165) is 41.6 Å². The first-order chi connectivity index (χ1) is 12.6. The second-order valence-corrected chi connectivity index (χ2v) is 8.07. The smallest absolute Gasteiger partial charge is 0.317 e.